The lowest BCUT2D eigenvalue weighted by Gasteiger charge is -2.17. The van der Waals surface area contributed by atoms with Crippen LogP contribution in [0.25, 0.3) is 0 Å². The molecule has 0 aromatic carbocycles. The number of ether oxygens (including phenoxy) is 1. The largest absolute Gasteiger partial charge is 0.457 e. The summed E-state index contributed by atoms with van der Waals surface area (Å²) >= 11 is 0. The molecule has 14 heavy (non-hydrogen) atoms. The lowest BCUT2D eigenvalue weighted by Crippen LogP contribution is -2.22. The Labute approximate surface area is 82.6 Å². The van der Waals surface area contributed by atoms with Crippen LogP contribution in [0.2, 0.25) is 0 Å². The molecular formula is C9H14O5. The van der Waals surface area contributed by atoms with Crippen LogP contribution in [0.3, 0.4) is 0 Å². The van der Waals surface area contributed by atoms with Gasteiger partial charge >= 0.3 is 11.9 Å². The number of esters is 1. The van der Waals surface area contributed by atoms with Gasteiger partial charge in [-0.05, 0) is 20.8 Å². The van der Waals surface area contributed by atoms with Crippen LogP contribution in [0.15, 0.2) is 12.2 Å². The first kappa shape index (κ1) is 12.6. The topological polar surface area (TPSA) is 61.8 Å². The fourth-order valence-corrected chi connectivity index (χ4v) is 0.582. The molecule has 0 heterocycles. The van der Waals surface area contributed by atoms with Crippen molar-refractivity contribution < 1.29 is 24.1 Å². The van der Waals surface area contributed by atoms with Gasteiger partial charge in [0, 0.05) is 12.2 Å². The summed E-state index contributed by atoms with van der Waals surface area (Å²) in [6.45, 7) is 5.19. The second kappa shape index (κ2) is 5.39. The highest BCUT2D eigenvalue weighted by Crippen LogP contribution is 2.06. The summed E-state index contributed by atoms with van der Waals surface area (Å²) in [4.78, 5) is 29.9. The fourth-order valence-electron chi connectivity index (χ4n) is 0.582. The van der Waals surface area contributed by atoms with E-state index in [0.29, 0.717) is 0 Å². The molecule has 0 atom stereocenters. The van der Waals surface area contributed by atoms with Crippen molar-refractivity contribution in [3.8, 4) is 0 Å². The van der Waals surface area contributed by atoms with E-state index in [0.717, 1.165) is 12.2 Å². The summed E-state index contributed by atoms with van der Waals surface area (Å²) in [5, 5.41) is 0. The standard InChI is InChI=1S/C9H14O5/c1-9(2,3)13-7(10)5-6-8(11)14-12-4/h5-6H,1-4H3. The van der Waals surface area contributed by atoms with Gasteiger partial charge in [0.25, 0.3) is 0 Å². The van der Waals surface area contributed by atoms with E-state index in [9.17, 15) is 9.59 Å². The van der Waals surface area contributed by atoms with Gasteiger partial charge in [0.1, 0.15) is 5.60 Å². The number of hydrogen-bond donors (Lipinski definition) is 0. The molecule has 0 aromatic rings. The highest BCUT2D eigenvalue weighted by molar-refractivity contribution is 5.91. The zero-order valence-corrected chi connectivity index (χ0v) is 8.70. The van der Waals surface area contributed by atoms with E-state index in [1.165, 1.54) is 7.11 Å². The Hall–Kier alpha value is -1.36. The second-order valence-corrected chi connectivity index (χ2v) is 3.44. The summed E-state index contributed by atoms with van der Waals surface area (Å²) in [6, 6.07) is 0. The van der Waals surface area contributed by atoms with Gasteiger partial charge in [-0.1, -0.05) is 0 Å². The lowest BCUT2D eigenvalue weighted by atomic mass is 10.2. The SMILES string of the molecule is COOC(=O)C=CC(=O)OC(C)(C)C. The van der Waals surface area contributed by atoms with Crippen LogP contribution in [-0.4, -0.2) is 24.6 Å². The molecule has 0 aromatic heterocycles. The molecule has 0 spiro atoms. The first-order chi connectivity index (χ1) is 6.35. The quantitative estimate of drug-likeness (QED) is 0.295. The first-order valence-electron chi connectivity index (χ1n) is 4.01. The smallest absolute Gasteiger partial charge is 0.366 e. The fraction of sp³-hybridized carbons (Fsp3) is 0.556. The number of hydrogen-bond acceptors (Lipinski definition) is 5. The summed E-state index contributed by atoms with van der Waals surface area (Å²) in [6.07, 6.45) is 1.91. The minimum Gasteiger partial charge on any atom is -0.457 e. The Morgan fingerprint density at radius 1 is 1.07 bits per heavy atom. The third-order valence-corrected chi connectivity index (χ3v) is 0.928. The monoisotopic (exact) mass is 202 g/mol. The Kier molecular flexibility index (Phi) is 4.86. The maximum atomic E-state index is 11.0. The van der Waals surface area contributed by atoms with Gasteiger partial charge in [0.05, 0.1) is 7.11 Å². The predicted molar refractivity (Wildman–Crippen MR) is 48.1 cm³/mol. The normalized spacial score (nSPS) is 11.4. The molecule has 0 N–H and O–H groups in total. The lowest BCUT2D eigenvalue weighted by molar-refractivity contribution is -0.249. The molecule has 0 fully saturated rings. The van der Waals surface area contributed by atoms with Gasteiger partial charge in [0.15, 0.2) is 0 Å². The van der Waals surface area contributed by atoms with Crippen molar-refractivity contribution in [1.29, 1.82) is 0 Å². The van der Waals surface area contributed by atoms with Crippen LogP contribution in [0.1, 0.15) is 20.8 Å². The second-order valence-electron chi connectivity index (χ2n) is 3.44. The van der Waals surface area contributed by atoms with E-state index in [-0.39, 0.29) is 0 Å². The molecule has 0 aliphatic rings. The van der Waals surface area contributed by atoms with Crippen molar-refractivity contribution in [2.24, 2.45) is 0 Å². The molecule has 5 heteroatoms. The highest BCUT2D eigenvalue weighted by Gasteiger charge is 2.14. The van der Waals surface area contributed by atoms with Crippen molar-refractivity contribution >= 4 is 11.9 Å². The van der Waals surface area contributed by atoms with E-state index in [2.05, 4.69) is 9.78 Å². The molecule has 0 aliphatic heterocycles. The molecule has 0 amide bonds. The highest BCUT2D eigenvalue weighted by atomic mass is 17.2. The van der Waals surface area contributed by atoms with Crippen LogP contribution < -0.4 is 0 Å². The van der Waals surface area contributed by atoms with Crippen LogP contribution in [-0.2, 0) is 24.1 Å². The Balaban J connectivity index is 4.00. The van der Waals surface area contributed by atoms with Gasteiger partial charge in [-0.2, -0.15) is 4.89 Å². The Morgan fingerprint density at radius 2 is 1.57 bits per heavy atom. The molecule has 0 saturated heterocycles. The van der Waals surface area contributed by atoms with Crippen molar-refractivity contribution in [2.75, 3.05) is 7.11 Å². The van der Waals surface area contributed by atoms with E-state index in [1.807, 2.05) is 0 Å². The summed E-state index contributed by atoms with van der Waals surface area (Å²) in [5.41, 5.74) is -0.577. The van der Waals surface area contributed by atoms with Gasteiger partial charge < -0.3 is 4.74 Å². The number of carbonyl (C=O) groups excluding carboxylic acids is 2. The average molecular weight is 202 g/mol. The first-order valence-corrected chi connectivity index (χ1v) is 4.01. The zero-order chi connectivity index (χ0) is 11.2. The maximum Gasteiger partial charge on any atom is 0.366 e. The Bertz CT molecular complexity index is 236. The average Bonchev–Trinajstić information content (AvgIpc) is 1.98. The molecule has 0 unspecified atom stereocenters. The molecule has 0 saturated carbocycles. The minimum atomic E-state index is -0.765. The third kappa shape index (κ3) is 7.30. The zero-order valence-electron chi connectivity index (χ0n) is 8.70. The third-order valence-electron chi connectivity index (χ3n) is 0.928. The van der Waals surface area contributed by atoms with Crippen molar-refractivity contribution in [3.63, 3.8) is 0 Å². The van der Waals surface area contributed by atoms with Gasteiger partial charge in [-0.3, -0.25) is 4.89 Å². The molecule has 0 aliphatic carbocycles. The number of carbonyl (C=O) groups is 2. The van der Waals surface area contributed by atoms with Crippen molar-refractivity contribution in [3.05, 3.63) is 12.2 Å². The molecule has 0 rings (SSSR count). The van der Waals surface area contributed by atoms with Crippen LogP contribution >= 0.6 is 0 Å². The van der Waals surface area contributed by atoms with Crippen LogP contribution in [0, 0.1) is 0 Å². The minimum absolute atomic E-state index is 0.577. The molecule has 0 bridgehead atoms. The van der Waals surface area contributed by atoms with E-state index in [1.54, 1.807) is 20.8 Å². The van der Waals surface area contributed by atoms with Gasteiger partial charge in [-0.15, -0.1) is 0 Å². The molecular weight excluding hydrogens is 188 g/mol. The van der Waals surface area contributed by atoms with E-state index < -0.39 is 17.5 Å². The van der Waals surface area contributed by atoms with Crippen LogP contribution in [0.5, 0.6) is 0 Å². The maximum absolute atomic E-state index is 11.0. The molecule has 80 valence electrons. The predicted octanol–water partition coefficient (Wildman–Crippen LogP) is 0.989. The van der Waals surface area contributed by atoms with Crippen molar-refractivity contribution in [1.82, 2.24) is 0 Å². The van der Waals surface area contributed by atoms with Gasteiger partial charge in [-0.25, -0.2) is 9.59 Å². The van der Waals surface area contributed by atoms with E-state index >= 15 is 0 Å². The van der Waals surface area contributed by atoms with Gasteiger partial charge in [0.2, 0.25) is 0 Å². The molecule has 0 radical (unpaired) electrons. The summed E-state index contributed by atoms with van der Waals surface area (Å²) < 4.78 is 4.89. The summed E-state index contributed by atoms with van der Waals surface area (Å²) in [5.74, 6) is -1.37. The van der Waals surface area contributed by atoms with E-state index in [4.69, 9.17) is 4.74 Å². The number of rotatable bonds is 3. The Morgan fingerprint density at radius 3 is 2.00 bits per heavy atom. The van der Waals surface area contributed by atoms with Crippen LogP contribution in [0.4, 0.5) is 0 Å². The van der Waals surface area contributed by atoms with Crippen molar-refractivity contribution in [2.45, 2.75) is 26.4 Å². The molecule has 5 nitrogen and oxygen atoms in total. The summed E-state index contributed by atoms with van der Waals surface area (Å²) in [7, 11) is 1.19.